The van der Waals surface area contributed by atoms with E-state index in [9.17, 15) is 4.79 Å². The first-order valence-corrected chi connectivity index (χ1v) is 10.3. The van der Waals surface area contributed by atoms with Gasteiger partial charge in [0.05, 0.1) is 12.3 Å². The second kappa shape index (κ2) is 10.0. The fourth-order valence-electron chi connectivity index (χ4n) is 3.03. The van der Waals surface area contributed by atoms with Gasteiger partial charge in [0, 0.05) is 28.9 Å². The number of carbonyl (C=O) groups is 1. The molecule has 0 bridgehead atoms. The molecule has 156 valence electrons. The highest BCUT2D eigenvalue weighted by Gasteiger charge is 2.10. The van der Waals surface area contributed by atoms with E-state index < -0.39 is 0 Å². The molecular weight excluding hydrogens is 396 g/mol. The summed E-state index contributed by atoms with van der Waals surface area (Å²) in [5.41, 5.74) is 5.79. The summed E-state index contributed by atoms with van der Waals surface area (Å²) < 4.78 is 5.58. The lowest BCUT2D eigenvalue weighted by molar-refractivity contribution is 0.0977. The number of carbonyl (C=O) groups excluding carboxylic acids is 1. The number of nitrogens with one attached hydrogen (secondary N) is 3. The van der Waals surface area contributed by atoms with Crippen LogP contribution in [0.4, 0.5) is 5.69 Å². The lowest BCUT2D eigenvalue weighted by Crippen LogP contribution is -2.34. The molecule has 0 saturated heterocycles. The van der Waals surface area contributed by atoms with Gasteiger partial charge >= 0.3 is 0 Å². The number of anilines is 1. The van der Waals surface area contributed by atoms with Gasteiger partial charge in [0.2, 0.25) is 0 Å². The van der Waals surface area contributed by atoms with Gasteiger partial charge in [-0.15, -0.1) is 0 Å². The molecule has 0 fully saturated rings. The number of aromatic nitrogens is 2. The first kappa shape index (κ1) is 21.5. The normalized spacial score (nSPS) is 10.5. The van der Waals surface area contributed by atoms with E-state index in [0.717, 1.165) is 29.9 Å². The number of aryl methyl sites for hydroxylation is 2. The molecule has 0 aliphatic heterocycles. The Kier molecular flexibility index (Phi) is 7.19. The summed E-state index contributed by atoms with van der Waals surface area (Å²) in [4.78, 5) is 12.5. The van der Waals surface area contributed by atoms with Crippen LogP contribution >= 0.6 is 12.2 Å². The maximum Gasteiger partial charge on any atom is 0.257 e. The van der Waals surface area contributed by atoms with Crippen LogP contribution < -0.4 is 15.4 Å². The molecule has 7 heteroatoms. The minimum absolute atomic E-state index is 0.245. The quantitative estimate of drug-likeness (QED) is 0.488. The summed E-state index contributed by atoms with van der Waals surface area (Å²) in [6, 6.07) is 15.0. The van der Waals surface area contributed by atoms with Crippen molar-refractivity contribution in [3.63, 3.8) is 0 Å². The molecule has 0 radical (unpaired) electrons. The Labute approximate surface area is 182 Å². The standard InChI is InChI=1S/C23H26N4O2S/c1-4-12-29-20-7-5-6-18(14-20)22(28)25-23(30)24-19-10-8-17(9-11-19)13-21-15(2)26-27-16(21)3/h5-11,14H,4,12-13H2,1-3H3,(H,26,27)(H2,24,25,28,30). The Hall–Kier alpha value is -3.19. The van der Waals surface area contributed by atoms with Crippen LogP contribution in [0.3, 0.4) is 0 Å². The van der Waals surface area contributed by atoms with E-state index >= 15 is 0 Å². The third kappa shape index (κ3) is 5.67. The molecule has 0 saturated carbocycles. The molecule has 2 aromatic carbocycles. The van der Waals surface area contributed by atoms with Crippen molar-refractivity contribution in [2.24, 2.45) is 0 Å². The fraction of sp³-hybridized carbons (Fsp3) is 0.261. The first-order valence-electron chi connectivity index (χ1n) is 9.91. The summed E-state index contributed by atoms with van der Waals surface area (Å²) in [6.45, 7) is 6.67. The average Bonchev–Trinajstić information content (AvgIpc) is 3.05. The van der Waals surface area contributed by atoms with Gasteiger partial charge < -0.3 is 10.1 Å². The Balaban J connectivity index is 1.56. The Morgan fingerprint density at radius 2 is 1.93 bits per heavy atom. The van der Waals surface area contributed by atoms with Crippen LogP contribution in [-0.4, -0.2) is 27.8 Å². The predicted octanol–water partition coefficient (Wildman–Crippen LogP) is 4.53. The van der Waals surface area contributed by atoms with Gasteiger partial charge in [0.25, 0.3) is 5.91 Å². The van der Waals surface area contributed by atoms with Crippen molar-refractivity contribution in [3.05, 3.63) is 76.6 Å². The third-order valence-corrected chi connectivity index (χ3v) is 4.87. The lowest BCUT2D eigenvalue weighted by atomic mass is 10.0. The summed E-state index contributed by atoms with van der Waals surface area (Å²) in [7, 11) is 0. The molecule has 1 heterocycles. The first-order chi connectivity index (χ1) is 14.5. The van der Waals surface area contributed by atoms with Gasteiger partial charge in [-0.1, -0.05) is 25.1 Å². The third-order valence-electron chi connectivity index (χ3n) is 4.67. The SMILES string of the molecule is CCCOc1cccc(C(=O)NC(=S)Nc2ccc(Cc3c(C)n[nH]c3C)cc2)c1. The summed E-state index contributed by atoms with van der Waals surface area (Å²) in [5.74, 6) is 0.388. The van der Waals surface area contributed by atoms with E-state index in [0.29, 0.717) is 17.9 Å². The molecule has 1 amide bonds. The fourth-order valence-corrected chi connectivity index (χ4v) is 3.24. The number of hydrogen-bond donors (Lipinski definition) is 3. The minimum Gasteiger partial charge on any atom is -0.494 e. The summed E-state index contributed by atoms with van der Waals surface area (Å²) in [5, 5.41) is 13.3. The number of nitrogens with zero attached hydrogens (tertiary/aromatic N) is 1. The lowest BCUT2D eigenvalue weighted by Gasteiger charge is -2.11. The number of hydrogen-bond acceptors (Lipinski definition) is 4. The molecule has 6 nitrogen and oxygen atoms in total. The van der Waals surface area contributed by atoms with Crippen molar-refractivity contribution >= 4 is 28.9 Å². The summed E-state index contributed by atoms with van der Waals surface area (Å²) in [6.07, 6.45) is 1.72. The maximum atomic E-state index is 12.5. The van der Waals surface area contributed by atoms with Crippen molar-refractivity contribution in [3.8, 4) is 5.75 Å². The van der Waals surface area contributed by atoms with E-state index in [1.807, 2.05) is 51.1 Å². The Morgan fingerprint density at radius 3 is 2.60 bits per heavy atom. The Morgan fingerprint density at radius 1 is 1.17 bits per heavy atom. The number of aromatic amines is 1. The molecule has 0 atom stereocenters. The predicted molar refractivity (Wildman–Crippen MR) is 123 cm³/mol. The zero-order valence-electron chi connectivity index (χ0n) is 17.4. The van der Waals surface area contributed by atoms with Gasteiger partial charge in [0.1, 0.15) is 5.75 Å². The molecule has 3 rings (SSSR count). The highest BCUT2D eigenvalue weighted by molar-refractivity contribution is 7.80. The van der Waals surface area contributed by atoms with Gasteiger partial charge in [-0.3, -0.25) is 15.2 Å². The van der Waals surface area contributed by atoms with E-state index in [1.165, 1.54) is 11.1 Å². The highest BCUT2D eigenvalue weighted by Crippen LogP contribution is 2.18. The molecule has 3 N–H and O–H groups in total. The topological polar surface area (TPSA) is 79.0 Å². The van der Waals surface area contributed by atoms with Crippen molar-refractivity contribution in [2.75, 3.05) is 11.9 Å². The molecule has 0 spiro atoms. The molecule has 30 heavy (non-hydrogen) atoms. The van der Waals surface area contributed by atoms with Gasteiger partial charge in [0.15, 0.2) is 5.11 Å². The summed E-state index contributed by atoms with van der Waals surface area (Å²) >= 11 is 5.29. The van der Waals surface area contributed by atoms with Crippen molar-refractivity contribution in [1.29, 1.82) is 0 Å². The van der Waals surface area contributed by atoms with Crippen LogP contribution in [0.15, 0.2) is 48.5 Å². The van der Waals surface area contributed by atoms with E-state index in [4.69, 9.17) is 17.0 Å². The van der Waals surface area contributed by atoms with Crippen molar-refractivity contribution < 1.29 is 9.53 Å². The number of thiocarbonyl (C=S) groups is 1. The van der Waals surface area contributed by atoms with Gasteiger partial charge in [-0.25, -0.2) is 0 Å². The number of rotatable bonds is 7. The van der Waals surface area contributed by atoms with E-state index in [2.05, 4.69) is 20.8 Å². The van der Waals surface area contributed by atoms with E-state index in [-0.39, 0.29) is 11.0 Å². The Bertz CT molecular complexity index is 1010. The van der Waals surface area contributed by atoms with Crippen molar-refractivity contribution in [1.82, 2.24) is 15.5 Å². The average molecular weight is 423 g/mol. The minimum atomic E-state index is -0.281. The number of ether oxygens (including phenoxy) is 1. The molecule has 0 unspecified atom stereocenters. The van der Waals surface area contributed by atoms with Crippen LogP contribution in [0.5, 0.6) is 5.75 Å². The maximum absolute atomic E-state index is 12.5. The number of H-pyrrole nitrogens is 1. The molecule has 0 aliphatic rings. The van der Waals surface area contributed by atoms with Gasteiger partial charge in [-0.2, -0.15) is 5.10 Å². The zero-order valence-corrected chi connectivity index (χ0v) is 18.2. The van der Waals surface area contributed by atoms with Crippen LogP contribution in [0.25, 0.3) is 0 Å². The van der Waals surface area contributed by atoms with Crippen LogP contribution in [0.1, 0.15) is 46.2 Å². The molecule has 3 aromatic rings. The molecule has 0 aliphatic carbocycles. The molecule has 1 aromatic heterocycles. The molecular formula is C23H26N4O2S. The van der Waals surface area contributed by atoms with Crippen LogP contribution in [0.2, 0.25) is 0 Å². The second-order valence-corrected chi connectivity index (χ2v) is 7.48. The van der Waals surface area contributed by atoms with Crippen molar-refractivity contribution in [2.45, 2.75) is 33.6 Å². The number of amides is 1. The van der Waals surface area contributed by atoms with Crippen LogP contribution in [-0.2, 0) is 6.42 Å². The van der Waals surface area contributed by atoms with E-state index in [1.54, 1.807) is 18.2 Å². The highest BCUT2D eigenvalue weighted by atomic mass is 32.1. The zero-order chi connectivity index (χ0) is 21.5. The monoisotopic (exact) mass is 422 g/mol. The van der Waals surface area contributed by atoms with Crippen LogP contribution in [0, 0.1) is 13.8 Å². The largest absolute Gasteiger partial charge is 0.494 e. The number of benzene rings is 2. The second-order valence-electron chi connectivity index (χ2n) is 7.07. The van der Waals surface area contributed by atoms with Gasteiger partial charge in [-0.05, 0) is 68.4 Å². The smallest absolute Gasteiger partial charge is 0.257 e.